The minimum atomic E-state index is -0.125. The molecule has 1 rings (SSSR count). The quantitative estimate of drug-likeness (QED) is 0.793. The van der Waals surface area contributed by atoms with E-state index >= 15 is 0 Å². The largest absolute Gasteiger partial charge is 0.351 e. The molecule has 1 N–H and O–H groups in total. The Morgan fingerprint density at radius 2 is 1.88 bits per heavy atom. The van der Waals surface area contributed by atoms with Crippen molar-refractivity contribution in [2.75, 3.05) is 6.54 Å². The van der Waals surface area contributed by atoms with E-state index in [1.54, 1.807) is 12.1 Å². The molecule has 0 spiro atoms. The highest BCUT2D eigenvalue weighted by atomic mass is 16.1. The van der Waals surface area contributed by atoms with Gasteiger partial charge in [-0.25, -0.2) is 0 Å². The summed E-state index contributed by atoms with van der Waals surface area (Å²) in [6.45, 7) is 6.38. The molecule has 16 heavy (non-hydrogen) atoms. The molecule has 0 fully saturated rings. The van der Waals surface area contributed by atoms with Gasteiger partial charge in [0.25, 0.3) is 5.91 Å². The lowest BCUT2D eigenvalue weighted by Gasteiger charge is -2.02. The van der Waals surface area contributed by atoms with E-state index in [9.17, 15) is 4.79 Å². The first kappa shape index (κ1) is 14.2. The summed E-state index contributed by atoms with van der Waals surface area (Å²) in [4.78, 5) is 11.4. The Morgan fingerprint density at radius 3 is 2.38 bits per heavy atom. The molecule has 3 nitrogen and oxygen atoms in total. The average molecular weight is 218 g/mol. The van der Waals surface area contributed by atoms with Gasteiger partial charge in [0.2, 0.25) is 0 Å². The maximum absolute atomic E-state index is 11.4. The summed E-state index contributed by atoms with van der Waals surface area (Å²) < 4.78 is 0. The van der Waals surface area contributed by atoms with Crippen molar-refractivity contribution in [1.82, 2.24) is 5.32 Å². The van der Waals surface area contributed by atoms with Crippen LogP contribution in [-0.4, -0.2) is 12.5 Å². The van der Waals surface area contributed by atoms with E-state index in [0.29, 0.717) is 18.5 Å². The third kappa shape index (κ3) is 5.16. The molecule has 1 aromatic rings. The molecule has 86 valence electrons. The number of nitriles is 1. The van der Waals surface area contributed by atoms with Gasteiger partial charge in [-0.2, -0.15) is 5.26 Å². The van der Waals surface area contributed by atoms with Crippen molar-refractivity contribution in [1.29, 1.82) is 5.26 Å². The second-order valence-corrected chi connectivity index (χ2v) is 3.03. The van der Waals surface area contributed by atoms with E-state index in [-0.39, 0.29) is 5.91 Å². The van der Waals surface area contributed by atoms with Gasteiger partial charge in [-0.1, -0.05) is 31.5 Å². The lowest BCUT2D eigenvalue weighted by Crippen LogP contribution is -2.24. The van der Waals surface area contributed by atoms with E-state index in [1.807, 2.05) is 39.0 Å². The van der Waals surface area contributed by atoms with Gasteiger partial charge in [0.1, 0.15) is 0 Å². The zero-order chi connectivity index (χ0) is 12.4. The van der Waals surface area contributed by atoms with Crippen LogP contribution in [0, 0.1) is 18.3 Å². The molecule has 0 radical (unpaired) electrons. The number of hydrogen-bond donors (Lipinski definition) is 1. The van der Waals surface area contributed by atoms with Crippen molar-refractivity contribution in [3.63, 3.8) is 0 Å². The van der Waals surface area contributed by atoms with Crippen LogP contribution < -0.4 is 5.32 Å². The van der Waals surface area contributed by atoms with Crippen molar-refractivity contribution < 1.29 is 4.79 Å². The number of benzene rings is 1. The number of carbonyl (C=O) groups excluding carboxylic acids is 1. The molecule has 0 aromatic heterocycles. The Kier molecular flexibility index (Phi) is 7.52. The summed E-state index contributed by atoms with van der Waals surface area (Å²) in [7, 11) is 0. The fraction of sp³-hybridized carbons (Fsp3) is 0.385. The van der Waals surface area contributed by atoms with Crippen LogP contribution in [0.5, 0.6) is 0 Å². The van der Waals surface area contributed by atoms with Crippen LogP contribution in [0.4, 0.5) is 0 Å². The monoisotopic (exact) mass is 218 g/mol. The minimum Gasteiger partial charge on any atom is -0.351 e. The molecule has 0 unspecified atom stereocenters. The number of aryl methyl sites for hydroxylation is 1. The first-order valence-corrected chi connectivity index (χ1v) is 5.46. The van der Waals surface area contributed by atoms with E-state index in [2.05, 4.69) is 5.32 Å². The molecule has 0 aliphatic rings. The molecular formula is C13H18N2O. The summed E-state index contributed by atoms with van der Waals surface area (Å²) in [5.74, 6) is -0.125. The first-order chi connectivity index (χ1) is 7.74. The molecule has 0 saturated heterocycles. The third-order valence-electron chi connectivity index (χ3n) is 1.84. The van der Waals surface area contributed by atoms with Crippen LogP contribution in [0.2, 0.25) is 0 Å². The van der Waals surface area contributed by atoms with Crippen LogP contribution in [-0.2, 0) is 0 Å². The summed E-state index contributed by atoms with van der Waals surface area (Å²) in [6, 6.07) is 9.29. The Morgan fingerprint density at radius 1 is 1.31 bits per heavy atom. The molecule has 0 heterocycles. The Labute approximate surface area is 97.1 Å². The average Bonchev–Trinajstić information content (AvgIpc) is 2.33. The van der Waals surface area contributed by atoms with Gasteiger partial charge in [-0.05, 0) is 19.1 Å². The fourth-order valence-electron chi connectivity index (χ4n) is 1.04. The van der Waals surface area contributed by atoms with Crippen molar-refractivity contribution >= 4 is 5.91 Å². The molecule has 1 aromatic carbocycles. The number of nitrogens with zero attached hydrogens (tertiary/aromatic N) is 1. The normalized spacial score (nSPS) is 8.38. The lowest BCUT2D eigenvalue weighted by molar-refractivity contribution is 0.0954. The highest BCUT2D eigenvalue weighted by molar-refractivity contribution is 5.94. The second kappa shape index (κ2) is 8.49. The summed E-state index contributed by atoms with van der Waals surface area (Å²) in [5, 5.41) is 10.9. The number of nitrogens with one attached hydrogen (secondary N) is 1. The van der Waals surface area contributed by atoms with Crippen LogP contribution in [0.15, 0.2) is 24.3 Å². The Balaban J connectivity index is 0.00000106. The second-order valence-electron chi connectivity index (χ2n) is 3.03. The van der Waals surface area contributed by atoms with Gasteiger partial charge in [0, 0.05) is 12.1 Å². The zero-order valence-corrected chi connectivity index (χ0v) is 10.1. The van der Waals surface area contributed by atoms with E-state index in [4.69, 9.17) is 5.26 Å². The van der Waals surface area contributed by atoms with Crippen molar-refractivity contribution in [2.45, 2.75) is 27.2 Å². The van der Waals surface area contributed by atoms with Gasteiger partial charge < -0.3 is 5.32 Å². The fourth-order valence-corrected chi connectivity index (χ4v) is 1.04. The van der Waals surface area contributed by atoms with E-state index < -0.39 is 0 Å². The first-order valence-electron chi connectivity index (χ1n) is 5.46. The smallest absolute Gasteiger partial charge is 0.251 e. The van der Waals surface area contributed by atoms with Gasteiger partial charge in [0.05, 0.1) is 12.5 Å². The summed E-state index contributed by atoms with van der Waals surface area (Å²) in [6.07, 6.45) is 0.345. The van der Waals surface area contributed by atoms with Gasteiger partial charge in [-0.15, -0.1) is 0 Å². The summed E-state index contributed by atoms with van der Waals surface area (Å²) >= 11 is 0. The summed E-state index contributed by atoms with van der Waals surface area (Å²) in [5.41, 5.74) is 1.76. The number of hydrogen-bond acceptors (Lipinski definition) is 2. The Bertz CT molecular complexity index is 349. The molecule has 0 aliphatic heterocycles. The highest BCUT2D eigenvalue weighted by Crippen LogP contribution is 2.02. The van der Waals surface area contributed by atoms with Crippen LogP contribution in [0.1, 0.15) is 36.2 Å². The van der Waals surface area contributed by atoms with Crippen molar-refractivity contribution in [3.8, 4) is 6.07 Å². The van der Waals surface area contributed by atoms with E-state index in [1.165, 1.54) is 0 Å². The molecule has 0 aliphatic carbocycles. The van der Waals surface area contributed by atoms with Gasteiger partial charge >= 0.3 is 0 Å². The molecular weight excluding hydrogens is 200 g/mol. The van der Waals surface area contributed by atoms with Crippen molar-refractivity contribution in [3.05, 3.63) is 35.4 Å². The standard InChI is InChI=1S/C11H12N2O.C2H6/c1-9-3-5-10(6-4-9)11(14)13-8-2-7-12;1-2/h3-6H,2,8H2,1H3,(H,13,14);1-2H3. The van der Waals surface area contributed by atoms with E-state index in [0.717, 1.165) is 5.56 Å². The lowest BCUT2D eigenvalue weighted by atomic mass is 10.1. The number of carbonyl (C=O) groups is 1. The van der Waals surface area contributed by atoms with Gasteiger partial charge in [0.15, 0.2) is 0 Å². The molecule has 0 bridgehead atoms. The van der Waals surface area contributed by atoms with Crippen molar-refractivity contribution in [2.24, 2.45) is 0 Å². The van der Waals surface area contributed by atoms with Crippen LogP contribution in [0.3, 0.4) is 0 Å². The predicted octanol–water partition coefficient (Wildman–Crippen LogP) is 2.66. The zero-order valence-electron chi connectivity index (χ0n) is 10.1. The van der Waals surface area contributed by atoms with Gasteiger partial charge in [-0.3, -0.25) is 4.79 Å². The minimum absolute atomic E-state index is 0.125. The molecule has 0 saturated carbocycles. The Hall–Kier alpha value is -1.82. The third-order valence-corrected chi connectivity index (χ3v) is 1.84. The number of rotatable bonds is 3. The molecule has 1 amide bonds. The highest BCUT2D eigenvalue weighted by Gasteiger charge is 2.02. The topological polar surface area (TPSA) is 52.9 Å². The maximum Gasteiger partial charge on any atom is 0.251 e. The SMILES string of the molecule is CC.Cc1ccc(C(=O)NCCC#N)cc1. The van der Waals surface area contributed by atoms with Crippen LogP contribution in [0.25, 0.3) is 0 Å². The molecule has 0 atom stereocenters. The number of amides is 1. The van der Waals surface area contributed by atoms with Crippen LogP contribution >= 0.6 is 0 Å². The predicted molar refractivity (Wildman–Crippen MR) is 65.1 cm³/mol. The maximum atomic E-state index is 11.4. The molecule has 3 heteroatoms.